The Kier molecular flexibility index (Phi) is 8.11. The van der Waals surface area contributed by atoms with Gasteiger partial charge in [0.1, 0.15) is 11.4 Å². The summed E-state index contributed by atoms with van der Waals surface area (Å²) < 4.78 is 5.57. The number of carbonyl (C=O) groups excluding carboxylic acids is 1. The fraction of sp³-hybridized carbons (Fsp3) is 0.593. The molecule has 2 fully saturated rings. The fourth-order valence-electron chi connectivity index (χ4n) is 4.69. The second-order valence-corrected chi connectivity index (χ2v) is 10.7. The zero-order valence-electron chi connectivity index (χ0n) is 21.7. The van der Waals surface area contributed by atoms with E-state index in [1.807, 2.05) is 38.7 Å². The van der Waals surface area contributed by atoms with Crippen molar-refractivity contribution in [1.29, 1.82) is 0 Å². The van der Waals surface area contributed by atoms with Gasteiger partial charge >= 0.3 is 6.09 Å². The van der Waals surface area contributed by atoms with Crippen LogP contribution in [-0.4, -0.2) is 76.8 Å². The Morgan fingerprint density at radius 2 is 1.77 bits per heavy atom. The number of nitrogens with one attached hydrogen (secondary N) is 1. The van der Waals surface area contributed by atoms with Crippen molar-refractivity contribution >= 4 is 17.9 Å². The number of likely N-dealkylation sites (tertiary alicyclic amines) is 1. The number of anilines is 2. The molecule has 4 rings (SSSR count). The maximum absolute atomic E-state index is 12.5. The largest absolute Gasteiger partial charge is 0.444 e. The summed E-state index contributed by atoms with van der Waals surface area (Å²) in [5, 5.41) is 3.59. The Bertz CT molecular complexity index is 969. The number of benzene rings is 1. The highest BCUT2D eigenvalue weighted by molar-refractivity contribution is 5.68. The van der Waals surface area contributed by atoms with Crippen molar-refractivity contribution in [2.75, 3.05) is 49.5 Å². The molecule has 0 atom stereocenters. The van der Waals surface area contributed by atoms with E-state index in [9.17, 15) is 4.79 Å². The van der Waals surface area contributed by atoms with E-state index >= 15 is 0 Å². The molecule has 1 amide bonds. The molecule has 1 aromatic carbocycles. The van der Waals surface area contributed by atoms with Crippen LogP contribution in [0.25, 0.3) is 0 Å². The highest BCUT2D eigenvalue weighted by atomic mass is 16.6. The van der Waals surface area contributed by atoms with Crippen LogP contribution in [0.3, 0.4) is 0 Å². The van der Waals surface area contributed by atoms with Gasteiger partial charge in [0.05, 0.1) is 0 Å². The maximum atomic E-state index is 12.5. The third kappa shape index (κ3) is 7.56. The third-order valence-electron chi connectivity index (χ3n) is 6.48. The summed E-state index contributed by atoms with van der Waals surface area (Å²) in [7, 11) is 0. The number of aryl methyl sites for hydroxylation is 1. The van der Waals surface area contributed by atoms with Gasteiger partial charge in [-0.15, -0.1) is 0 Å². The van der Waals surface area contributed by atoms with Crippen molar-refractivity contribution in [3.63, 3.8) is 0 Å². The number of aromatic nitrogens is 2. The fourth-order valence-corrected chi connectivity index (χ4v) is 4.69. The van der Waals surface area contributed by atoms with Gasteiger partial charge in [0, 0.05) is 63.6 Å². The van der Waals surface area contributed by atoms with Crippen LogP contribution in [0.2, 0.25) is 0 Å². The van der Waals surface area contributed by atoms with Gasteiger partial charge in [-0.1, -0.05) is 30.3 Å². The van der Waals surface area contributed by atoms with E-state index in [-0.39, 0.29) is 6.09 Å². The second kappa shape index (κ2) is 11.2. The molecular weight excluding hydrogens is 440 g/mol. The van der Waals surface area contributed by atoms with E-state index in [4.69, 9.17) is 9.72 Å². The number of amides is 1. The van der Waals surface area contributed by atoms with Gasteiger partial charge in [-0.05, 0) is 52.5 Å². The molecule has 1 aromatic heterocycles. The van der Waals surface area contributed by atoms with Crippen LogP contribution in [0.5, 0.6) is 0 Å². The van der Waals surface area contributed by atoms with E-state index in [1.165, 1.54) is 5.56 Å². The van der Waals surface area contributed by atoms with Crippen LogP contribution in [-0.2, 0) is 11.3 Å². The maximum Gasteiger partial charge on any atom is 0.410 e. The predicted octanol–water partition coefficient (Wildman–Crippen LogP) is 4.31. The van der Waals surface area contributed by atoms with Crippen LogP contribution >= 0.6 is 0 Å². The number of ether oxygens (including phenoxy) is 1. The van der Waals surface area contributed by atoms with Gasteiger partial charge in [-0.3, -0.25) is 4.90 Å². The topological polar surface area (TPSA) is 73.8 Å². The molecule has 2 aliphatic rings. The molecule has 2 aromatic rings. The van der Waals surface area contributed by atoms with Crippen molar-refractivity contribution in [3.05, 3.63) is 47.7 Å². The summed E-state index contributed by atoms with van der Waals surface area (Å²) in [4.78, 5) is 28.6. The molecule has 0 radical (unpaired) electrons. The molecule has 8 nitrogen and oxygen atoms in total. The number of carbonyl (C=O) groups is 1. The highest BCUT2D eigenvalue weighted by Crippen LogP contribution is 2.21. The standard InChI is InChI=1S/C27H40N6O2/c1-21-19-24(32-13-8-14-33(18-17-32)26(34)35-27(2,3)4)30-25(28-21)29-23-11-15-31(16-12-23)20-22-9-6-5-7-10-22/h5-7,9-10,19,23H,8,11-18,20H2,1-4H3,(H,28,29,30). The Balaban J connectivity index is 1.31. The van der Waals surface area contributed by atoms with Crippen LogP contribution in [0.4, 0.5) is 16.6 Å². The summed E-state index contributed by atoms with van der Waals surface area (Å²) >= 11 is 0. The normalized spacial score (nSPS) is 18.3. The number of hydrogen-bond donors (Lipinski definition) is 1. The SMILES string of the molecule is Cc1cc(N2CCCN(C(=O)OC(C)(C)C)CC2)nc(NC2CCN(Cc3ccccc3)CC2)n1. The van der Waals surface area contributed by atoms with Gasteiger partial charge < -0.3 is 19.9 Å². The quantitative estimate of drug-likeness (QED) is 0.684. The molecule has 0 aliphatic carbocycles. The highest BCUT2D eigenvalue weighted by Gasteiger charge is 2.25. The summed E-state index contributed by atoms with van der Waals surface area (Å²) in [6.45, 7) is 13.8. The second-order valence-electron chi connectivity index (χ2n) is 10.7. The average Bonchev–Trinajstić information content (AvgIpc) is 3.06. The zero-order chi connectivity index (χ0) is 24.8. The predicted molar refractivity (Wildman–Crippen MR) is 140 cm³/mol. The Hall–Kier alpha value is -2.87. The molecule has 3 heterocycles. The van der Waals surface area contributed by atoms with E-state index in [0.717, 1.165) is 63.5 Å². The van der Waals surface area contributed by atoms with Crippen LogP contribution < -0.4 is 10.2 Å². The molecule has 0 bridgehead atoms. The lowest BCUT2D eigenvalue weighted by Gasteiger charge is -2.32. The molecule has 0 unspecified atom stereocenters. The number of piperidine rings is 1. The number of nitrogens with zero attached hydrogens (tertiary/aromatic N) is 5. The molecule has 2 aliphatic heterocycles. The average molecular weight is 481 g/mol. The van der Waals surface area contributed by atoms with E-state index < -0.39 is 5.60 Å². The van der Waals surface area contributed by atoms with Crippen molar-refractivity contribution in [2.45, 2.75) is 65.1 Å². The van der Waals surface area contributed by atoms with Gasteiger partial charge in [-0.25, -0.2) is 9.78 Å². The summed E-state index contributed by atoms with van der Waals surface area (Å²) in [5.41, 5.74) is 1.84. The van der Waals surface area contributed by atoms with Crippen molar-refractivity contribution in [3.8, 4) is 0 Å². The molecule has 1 N–H and O–H groups in total. The van der Waals surface area contributed by atoms with Crippen LogP contribution in [0.1, 0.15) is 51.3 Å². The summed E-state index contributed by atoms with van der Waals surface area (Å²) in [6.07, 6.45) is 2.80. The van der Waals surface area contributed by atoms with Crippen LogP contribution in [0, 0.1) is 6.92 Å². The van der Waals surface area contributed by atoms with Gasteiger partial charge in [-0.2, -0.15) is 4.98 Å². The lowest BCUT2D eigenvalue weighted by atomic mass is 10.0. The van der Waals surface area contributed by atoms with Gasteiger partial charge in [0.25, 0.3) is 0 Å². The molecule has 190 valence electrons. The monoisotopic (exact) mass is 480 g/mol. The lowest BCUT2D eigenvalue weighted by molar-refractivity contribution is 0.0263. The van der Waals surface area contributed by atoms with Crippen LogP contribution in [0.15, 0.2) is 36.4 Å². The minimum atomic E-state index is -0.481. The summed E-state index contributed by atoms with van der Waals surface area (Å²) in [5.74, 6) is 1.63. The molecule has 2 saturated heterocycles. The molecule has 35 heavy (non-hydrogen) atoms. The van der Waals surface area contributed by atoms with Gasteiger partial charge in [0.15, 0.2) is 0 Å². The minimum Gasteiger partial charge on any atom is -0.444 e. The minimum absolute atomic E-state index is 0.237. The molecular formula is C27H40N6O2. The first-order valence-electron chi connectivity index (χ1n) is 12.9. The Labute approximate surface area is 209 Å². The number of rotatable bonds is 5. The van der Waals surface area contributed by atoms with E-state index in [1.54, 1.807) is 0 Å². The smallest absolute Gasteiger partial charge is 0.410 e. The van der Waals surface area contributed by atoms with Gasteiger partial charge in [0.2, 0.25) is 5.95 Å². The van der Waals surface area contributed by atoms with Crippen molar-refractivity contribution in [1.82, 2.24) is 19.8 Å². The third-order valence-corrected chi connectivity index (χ3v) is 6.48. The molecule has 0 spiro atoms. The first-order valence-corrected chi connectivity index (χ1v) is 12.9. The Morgan fingerprint density at radius 3 is 2.49 bits per heavy atom. The number of hydrogen-bond acceptors (Lipinski definition) is 7. The van der Waals surface area contributed by atoms with Crippen molar-refractivity contribution < 1.29 is 9.53 Å². The van der Waals surface area contributed by atoms with E-state index in [0.29, 0.717) is 25.1 Å². The van der Waals surface area contributed by atoms with Crippen molar-refractivity contribution in [2.24, 2.45) is 0 Å². The molecule has 0 saturated carbocycles. The lowest BCUT2D eigenvalue weighted by Crippen LogP contribution is -2.39. The van der Waals surface area contributed by atoms with E-state index in [2.05, 4.69) is 50.4 Å². The zero-order valence-corrected chi connectivity index (χ0v) is 21.7. The molecule has 8 heteroatoms. The first-order chi connectivity index (χ1) is 16.7. The first kappa shape index (κ1) is 25.2. The Morgan fingerprint density at radius 1 is 1.03 bits per heavy atom. The summed E-state index contributed by atoms with van der Waals surface area (Å²) in [6, 6.07) is 13.1.